The van der Waals surface area contributed by atoms with Gasteiger partial charge in [0.05, 0.1) is 11.7 Å². The summed E-state index contributed by atoms with van der Waals surface area (Å²) >= 11 is 0. The zero-order valence-electron chi connectivity index (χ0n) is 30.1. The fourth-order valence-corrected chi connectivity index (χ4v) is 9.06. The van der Waals surface area contributed by atoms with Gasteiger partial charge in [-0.1, -0.05) is 147 Å². The molecule has 254 valence electrons. The second kappa shape index (κ2) is 12.4. The predicted octanol–water partition coefficient (Wildman–Crippen LogP) is 13.5. The summed E-state index contributed by atoms with van der Waals surface area (Å²) in [4.78, 5) is 4.97. The van der Waals surface area contributed by atoms with Crippen molar-refractivity contribution in [3.63, 3.8) is 0 Å². The molecular weight excluding hydrogens is 641 g/mol. The van der Waals surface area contributed by atoms with E-state index in [1.165, 1.54) is 72.7 Å². The summed E-state index contributed by atoms with van der Waals surface area (Å²) < 4.78 is 0. The number of hydrogen-bond acceptors (Lipinski definition) is 2. The molecule has 0 N–H and O–H groups in total. The van der Waals surface area contributed by atoms with Crippen LogP contribution in [0.1, 0.15) is 42.5 Å². The topological polar surface area (TPSA) is 6.48 Å². The highest BCUT2D eigenvalue weighted by Crippen LogP contribution is 2.54. The molecule has 1 heterocycles. The molecule has 2 nitrogen and oxygen atoms in total. The summed E-state index contributed by atoms with van der Waals surface area (Å²) in [5.41, 5.74) is 19.0. The van der Waals surface area contributed by atoms with Crippen molar-refractivity contribution in [2.45, 2.75) is 31.7 Å². The van der Waals surface area contributed by atoms with E-state index in [0.717, 1.165) is 17.8 Å². The van der Waals surface area contributed by atoms with Crippen molar-refractivity contribution in [2.24, 2.45) is 0 Å². The molecule has 2 heteroatoms. The van der Waals surface area contributed by atoms with Gasteiger partial charge in [-0.25, -0.2) is 0 Å². The van der Waals surface area contributed by atoms with Crippen molar-refractivity contribution < 1.29 is 0 Å². The van der Waals surface area contributed by atoms with E-state index in [0.29, 0.717) is 6.04 Å². The second-order valence-corrected chi connectivity index (χ2v) is 14.9. The summed E-state index contributed by atoms with van der Waals surface area (Å²) in [6.07, 6.45) is 5.81. The van der Waals surface area contributed by atoms with E-state index in [2.05, 4.69) is 212 Å². The lowest BCUT2D eigenvalue weighted by Gasteiger charge is -2.32. The first-order valence-corrected chi connectivity index (χ1v) is 18.7. The van der Waals surface area contributed by atoms with Crippen LogP contribution >= 0.6 is 0 Å². The van der Waals surface area contributed by atoms with Gasteiger partial charge < -0.3 is 9.80 Å². The first-order valence-electron chi connectivity index (χ1n) is 18.7. The largest absolute Gasteiger partial charge is 0.333 e. The Hall–Kier alpha value is -6.38. The molecular formula is C51H40N2. The molecule has 1 unspecified atom stereocenters. The van der Waals surface area contributed by atoms with Gasteiger partial charge in [-0.2, -0.15) is 0 Å². The van der Waals surface area contributed by atoms with Crippen LogP contribution in [0, 0.1) is 0 Å². The summed E-state index contributed by atoms with van der Waals surface area (Å²) in [5, 5.41) is 0. The Morgan fingerprint density at radius 3 is 1.85 bits per heavy atom. The molecule has 7 aromatic carbocycles. The number of para-hydroxylation sites is 2. The van der Waals surface area contributed by atoms with Crippen molar-refractivity contribution in [2.75, 3.05) is 9.80 Å². The van der Waals surface area contributed by atoms with Gasteiger partial charge >= 0.3 is 0 Å². The number of anilines is 5. The molecule has 1 aliphatic heterocycles. The maximum atomic E-state index is 2.51. The van der Waals surface area contributed by atoms with Crippen LogP contribution in [0.3, 0.4) is 0 Å². The fourth-order valence-electron chi connectivity index (χ4n) is 9.06. The molecule has 0 spiro atoms. The Morgan fingerprint density at radius 2 is 1.11 bits per heavy atom. The summed E-state index contributed by atoms with van der Waals surface area (Å²) in [6.45, 7) is 4.74. The van der Waals surface area contributed by atoms with Crippen molar-refractivity contribution in [3.05, 3.63) is 210 Å². The number of benzene rings is 7. The molecule has 53 heavy (non-hydrogen) atoms. The third kappa shape index (κ3) is 5.09. The van der Waals surface area contributed by atoms with Crippen LogP contribution in [-0.4, -0.2) is 6.04 Å². The minimum Gasteiger partial charge on any atom is -0.333 e. The molecule has 0 radical (unpaired) electrons. The van der Waals surface area contributed by atoms with Crippen LogP contribution in [-0.2, 0) is 5.41 Å². The Labute approximate surface area is 312 Å². The average molecular weight is 681 g/mol. The first kappa shape index (κ1) is 31.4. The lowest BCUT2D eigenvalue weighted by atomic mass is 9.81. The van der Waals surface area contributed by atoms with E-state index in [1.54, 1.807) is 0 Å². The van der Waals surface area contributed by atoms with Gasteiger partial charge in [-0.05, 0) is 111 Å². The van der Waals surface area contributed by atoms with E-state index < -0.39 is 0 Å². The normalized spacial score (nSPS) is 16.2. The molecule has 0 saturated carbocycles. The standard InChI is InChI=1S/C51H40N2/c1-51(2)46-21-11-9-18-42(46)44-20-13-23-49(50(44)51)52(40-29-24-36(25-30-40)35-14-5-3-6-15-35)41-31-26-37(27-32-41)38-28-33-48-45(34-38)43-19-10-12-22-47(43)53(48)39-16-7-4-8-17-39/h3-32,34,48H,33H2,1-2H3. The van der Waals surface area contributed by atoms with E-state index in [9.17, 15) is 0 Å². The third-order valence-electron chi connectivity index (χ3n) is 11.5. The van der Waals surface area contributed by atoms with Gasteiger partial charge in [0.2, 0.25) is 0 Å². The number of fused-ring (bicyclic) bond motifs is 6. The van der Waals surface area contributed by atoms with Gasteiger partial charge in [-0.3, -0.25) is 0 Å². The maximum absolute atomic E-state index is 2.51. The molecule has 2 aliphatic carbocycles. The molecule has 7 aromatic rings. The minimum atomic E-state index is -0.147. The Morgan fingerprint density at radius 1 is 0.528 bits per heavy atom. The van der Waals surface area contributed by atoms with E-state index in [-0.39, 0.29) is 5.41 Å². The highest BCUT2D eigenvalue weighted by atomic mass is 15.2. The smallest absolute Gasteiger partial charge is 0.0633 e. The molecule has 1 atom stereocenters. The van der Waals surface area contributed by atoms with Crippen molar-refractivity contribution in [1.82, 2.24) is 0 Å². The Bertz CT molecular complexity index is 2540. The van der Waals surface area contributed by atoms with Crippen LogP contribution in [0.4, 0.5) is 28.4 Å². The van der Waals surface area contributed by atoms with Crippen LogP contribution in [0.5, 0.6) is 0 Å². The number of allylic oxidation sites excluding steroid dienone is 2. The number of rotatable bonds is 6. The molecule has 10 rings (SSSR count). The van der Waals surface area contributed by atoms with Gasteiger partial charge in [0.25, 0.3) is 0 Å². The van der Waals surface area contributed by atoms with Crippen LogP contribution < -0.4 is 9.80 Å². The lowest BCUT2D eigenvalue weighted by molar-refractivity contribution is 0.661. The first-order chi connectivity index (χ1) is 26.1. The zero-order chi connectivity index (χ0) is 35.5. The number of hydrogen-bond donors (Lipinski definition) is 0. The van der Waals surface area contributed by atoms with E-state index in [1.807, 2.05) is 0 Å². The molecule has 3 aliphatic rings. The van der Waals surface area contributed by atoms with Crippen molar-refractivity contribution in [3.8, 4) is 22.3 Å². The van der Waals surface area contributed by atoms with Gasteiger partial charge in [-0.15, -0.1) is 0 Å². The Balaban J connectivity index is 1.05. The van der Waals surface area contributed by atoms with Crippen LogP contribution in [0.2, 0.25) is 0 Å². The lowest BCUT2D eigenvalue weighted by Crippen LogP contribution is -2.27. The molecule has 0 bridgehead atoms. The van der Waals surface area contributed by atoms with E-state index >= 15 is 0 Å². The van der Waals surface area contributed by atoms with E-state index in [4.69, 9.17) is 0 Å². The zero-order valence-corrected chi connectivity index (χ0v) is 30.1. The van der Waals surface area contributed by atoms with Gasteiger partial charge in [0.15, 0.2) is 0 Å². The van der Waals surface area contributed by atoms with Gasteiger partial charge in [0.1, 0.15) is 0 Å². The monoisotopic (exact) mass is 680 g/mol. The maximum Gasteiger partial charge on any atom is 0.0633 e. The summed E-state index contributed by atoms with van der Waals surface area (Å²) in [7, 11) is 0. The van der Waals surface area contributed by atoms with Gasteiger partial charge in [0, 0.05) is 33.7 Å². The molecule has 0 saturated heterocycles. The molecule has 0 fully saturated rings. The second-order valence-electron chi connectivity index (χ2n) is 14.9. The highest BCUT2D eigenvalue weighted by Gasteiger charge is 2.39. The van der Waals surface area contributed by atoms with Crippen LogP contribution in [0.25, 0.3) is 33.4 Å². The quantitative estimate of drug-likeness (QED) is 0.172. The molecule has 0 amide bonds. The average Bonchev–Trinajstić information content (AvgIpc) is 3.68. The Kier molecular flexibility index (Phi) is 7.33. The SMILES string of the molecule is CC1(C)c2ccccc2-c2cccc(N(c3ccc(C4=CCC5C(=C4)c4ccccc4N5c4ccccc4)cc3)c3ccc(-c4ccccc4)cc3)c21. The summed E-state index contributed by atoms with van der Waals surface area (Å²) in [6, 6.07) is 64.6. The third-order valence-corrected chi connectivity index (χ3v) is 11.5. The van der Waals surface area contributed by atoms with Crippen molar-refractivity contribution in [1.29, 1.82) is 0 Å². The highest BCUT2D eigenvalue weighted by molar-refractivity contribution is 5.99. The predicted molar refractivity (Wildman–Crippen MR) is 224 cm³/mol. The minimum absolute atomic E-state index is 0.147. The molecule has 0 aromatic heterocycles. The summed E-state index contributed by atoms with van der Waals surface area (Å²) in [5.74, 6) is 0. The number of nitrogens with zero attached hydrogens (tertiary/aromatic N) is 2. The van der Waals surface area contributed by atoms with Crippen LogP contribution in [0.15, 0.2) is 188 Å². The fraction of sp³-hybridized carbons (Fsp3) is 0.0980. The van der Waals surface area contributed by atoms with Crippen molar-refractivity contribution >= 4 is 39.6 Å².